The Morgan fingerprint density at radius 1 is 1.28 bits per heavy atom. The Bertz CT molecular complexity index is 846. The molecule has 7 nitrogen and oxygen atoms in total. The van der Waals surface area contributed by atoms with E-state index in [1.54, 1.807) is 13.2 Å². The Morgan fingerprint density at radius 2 is 2.00 bits per heavy atom. The second kappa shape index (κ2) is 6.72. The third-order valence-electron chi connectivity index (χ3n) is 4.15. The fraction of sp³-hybridized carbons (Fsp3) is 0.222. The molecule has 1 aliphatic heterocycles. The van der Waals surface area contributed by atoms with Crippen molar-refractivity contribution in [3.8, 4) is 5.75 Å². The first-order valence-electron chi connectivity index (χ1n) is 7.75. The van der Waals surface area contributed by atoms with Crippen molar-refractivity contribution in [3.05, 3.63) is 69.8 Å². The summed E-state index contributed by atoms with van der Waals surface area (Å²) in [5.41, 5.74) is 2.33. The van der Waals surface area contributed by atoms with Crippen LogP contribution in [0.15, 0.2) is 53.6 Å². The molecule has 0 radical (unpaired) electrons. The van der Waals surface area contributed by atoms with E-state index in [2.05, 4.69) is 5.10 Å². The highest BCUT2D eigenvalue weighted by atomic mass is 16.6. The minimum absolute atomic E-state index is 0.0212. The van der Waals surface area contributed by atoms with Gasteiger partial charge in [0.15, 0.2) is 0 Å². The summed E-state index contributed by atoms with van der Waals surface area (Å²) in [6.07, 6.45) is 0. The van der Waals surface area contributed by atoms with Crippen molar-refractivity contribution in [2.24, 2.45) is 5.10 Å². The Hall–Kier alpha value is -3.22. The van der Waals surface area contributed by atoms with Crippen molar-refractivity contribution >= 4 is 17.3 Å². The third-order valence-corrected chi connectivity index (χ3v) is 4.15. The van der Waals surface area contributed by atoms with Crippen LogP contribution in [-0.4, -0.2) is 35.2 Å². The molecule has 1 unspecified atom stereocenters. The van der Waals surface area contributed by atoms with Gasteiger partial charge in [0.2, 0.25) is 5.91 Å². The van der Waals surface area contributed by atoms with Gasteiger partial charge in [0.1, 0.15) is 5.75 Å². The van der Waals surface area contributed by atoms with Gasteiger partial charge in [-0.1, -0.05) is 12.1 Å². The normalized spacial score (nSPS) is 16.5. The zero-order valence-electron chi connectivity index (χ0n) is 13.9. The topological polar surface area (TPSA) is 85.0 Å². The number of methoxy groups -OCH3 is 1. The van der Waals surface area contributed by atoms with Crippen LogP contribution in [0, 0.1) is 10.1 Å². The van der Waals surface area contributed by atoms with Crippen LogP contribution in [0.25, 0.3) is 0 Å². The Labute approximate surface area is 144 Å². The van der Waals surface area contributed by atoms with Gasteiger partial charge in [-0.2, -0.15) is 5.10 Å². The van der Waals surface area contributed by atoms with Crippen molar-refractivity contribution in [3.63, 3.8) is 0 Å². The quantitative estimate of drug-likeness (QED) is 0.633. The Kier molecular flexibility index (Phi) is 4.47. The van der Waals surface area contributed by atoms with Gasteiger partial charge in [-0.25, -0.2) is 5.01 Å². The molecule has 0 saturated carbocycles. The molecule has 1 atom stereocenters. The van der Waals surface area contributed by atoms with Crippen LogP contribution in [0.3, 0.4) is 0 Å². The van der Waals surface area contributed by atoms with Crippen LogP contribution in [-0.2, 0) is 4.79 Å². The lowest BCUT2D eigenvalue weighted by Gasteiger charge is -2.14. The molecule has 128 valence electrons. The molecule has 0 fully saturated rings. The molecule has 2 aromatic rings. The van der Waals surface area contributed by atoms with Crippen LogP contribution in [0.5, 0.6) is 5.75 Å². The molecule has 3 rings (SSSR count). The van der Waals surface area contributed by atoms with E-state index in [0.29, 0.717) is 12.3 Å². The summed E-state index contributed by atoms with van der Waals surface area (Å²) in [6, 6.07) is 13.8. The van der Waals surface area contributed by atoms with E-state index in [9.17, 15) is 14.9 Å². The first kappa shape index (κ1) is 16.6. The van der Waals surface area contributed by atoms with Crippen LogP contribution >= 0.6 is 0 Å². The number of benzene rings is 2. The highest BCUT2D eigenvalue weighted by Crippen LogP contribution is 2.31. The molecule has 1 amide bonds. The second-order valence-electron chi connectivity index (χ2n) is 5.72. The zero-order valence-corrected chi connectivity index (χ0v) is 13.9. The Balaban J connectivity index is 2.01. The average molecular weight is 339 g/mol. The highest BCUT2D eigenvalue weighted by Gasteiger charge is 2.31. The number of hydrazone groups is 1. The molecule has 7 heteroatoms. The lowest BCUT2D eigenvalue weighted by atomic mass is 9.90. The van der Waals surface area contributed by atoms with E-state index in [1.807, 2.05) is 30.3 Å². The van der Waals surface area contributed by atoms with Gasteiger partial charge in [0.05, 0.1) is 24.3 Å². The molecule has 1 aliphatic rings. The Morgan fingerprint density at radius 3 is 2.60 bits per heavy atom. The van der Waals surface area contributed by atoms with Crippen LogP contribution < -0.4 is 4.74 Å². The largest absolute Gasteiger partial charge is 0.497 e. The summed E-state index contributed by atoms with van der Waals surface area (Å²) >= 11 is 0. The lowest BCUT2D eigenvalue weighted by molar-refractivity contribution is -0.384. The number of amides is 1. The van der Waals surface area contributed by atoms with Crippen molar-refractivity contribution < 1.29 is 14.5 Å². The molecule has 2 aromatic carbocycles. The van der Waals surface area contributed by atoms with Gasteiger partial charge in [-0.15, -0.1) is 0 Å². The first-order chi connectivity index (χ1) is 12.0. The van der Waals surface area contributed by atoms with E-state index in [4.69, 9.17) is 4.74 Å². The molecule has 0 N–H and O–H groups in total. The number of nitro benzene ring substituents is 1. The molecule has 0 aromatic heterocycles. The molecular weight excluding hydrogens is 322 g/mol. The predicted molar refractivity (Wildman–Crippen MR) is 92.8 cm³/mol. The fourth-order valence-corrected chi connectivity index (χ4v) is 2.84. The van der Waals surface area contributed by atoms with E-state index in [-0.39, 0.29) is 17.5 Å². The third kappa shape index (κ3) is 3.35. The van der Waals surface area contributed by atoms with Crippen molar-refractivity contribution in [1.29, 1.82) is 0 Å². The SMILES string of the molecule is COc1ccc(C2=NN(C(C)=O)CC2c2cccc([N+](=O)[O-])c2)cc1. The summed E-state index contributed by atoms with van der Waals surface area (Å²) in [7, 11) is 1.59. The highest BCUT2D eigenvalue weighted by molar-refractivity contribution is 6.07. The van der Waals surface area contributed by atoms with Crippen LogP contribution in [0.1, 0.15) is 24.0 Å². The summed E-state index contributed by atoms with van der Waals surface area (Å²) in [4.78, 5) is 22.4. The number of nitro groups is 1. The number of hydrogen-bond donors (Lipinski definition) is 0. The lowest BCUT2D eigenvalue weighted by Crippen LogP contribution is -2.23. The number of carbonyl (C=O) groups is 1. The second-order valence-corrected chi connectivity index (χ2v) is 5.72. The number of nitrogens with zero attached hydrogens (tertiary/aromatic N) is 3. The van der Waals surface area contributed by atoms with Crippen LogP contribution in [0.4, 0.5) is 5.69 Å². The number of ether oxygens (including phenoxy) is 1. The molecule has 25 heavy (non-hydrogen) atoms. The van der Waals surface area contributed by atoms with E-state index >= 15 is 0 Å². The zero-order chi connectivity index (χ0) is 18.0. The maximum absolute atomic E-state index is 11.8. The van der Waals surface area contributed by atoms with Crippen LogP contribution in [0.2, 0.25) is 0 Å². The van der Waals surface area contributed by atoms with Gasteiger partial charge in [0.25, 0.3) is 5.69 Å². The molecule has 0 aliphatic carbocycles. The number of non-ortho nitro benzene ring substituents is 1. The van der Waals surface area contributed by atoms with E-state index < -0.39 is 4.92 Å². The number of hydrogen-bond acceptors (Lipinski definition) is 5. The molecular formula is C18H17N3O4. The van der Waals surface area contributed by atoms with E-state index in [1.165, 1.54) is 24.1 Å². The average Bonchev–Trinajstić information content (AvgIpc) is 3.07. The first-order valence-corrected chi connectivity index (χ1v) is 7.75. The van der Waals surface area contributed by atoms with E-state index in [0.717, 1.165) is 16.9 Å². The minimum Gasteiger partial charge on any atom is -0.497 e. The maximum atomic E-state index is 11.8. The van der Waals surface area contributed by atoms with Crippen molar-refractivity contribution in [1.82, 2.24) is 5.01 Å². The summed E-state index contributed by atoms with van der Waals surface area (Å²) in [6.45, 7) is 1.81. The summed E-state index contributed by atoms with van der Waals surface area (Å²) in [5.74, 6) is 0.328. The predicted octanol–water partition coefficient (Wildman–Crippen LogP) is 2.95. The van der Waals surface area contributed by atoms with Gasteiger partial charge >= 0.3 is 0 Å². The molecule has 1 heterocycles. The standard InChI is InChI=1S/C18H17N3O4/c1-12(22)20-11-17(14-4-3-5-15(10-14)21(23)24)18(19-20)13-6-8-16(25-2)9-7-13/h3-10,17H,11H2,1-2H3. The smallest absolute Gasteiger partial charge is 0.269 e. The molecule has 0 bridgehead atoms. The summed E-state index contributed by atoms with van der Waals surface area (Å²) in [5, 5.41) is 16.9. The number of carbonyl (C=O) groups excluding carboxylic acids is 1. The van der Waals surface area contributed by atoms with Gasteiger partial charge in [-0.05, 0) is 35.4 Å². The summed E-state index contributed by atoms with van der Waals surface area (Å²) < 4.78 is 5.17. The monoisotopic (exact) mass is 339 g/mol. The van der Waals surface area contributed by atoms with Crippen molar-refractivity contribution in [2.45, 2.75) is 12.8 Å². The minimum atomic E-state index is -0.425. The molecule has 0 spiro atoms. The fourth-order valence-electron chi connectivity index (χ4n) is 2.84. The van der Waals surface area contributed by atoms with Gasteiger partial charge < -0.3 is 4.74 Å². The number of rotatable bonds is 4. The van der Waals surface area contributed by atoms with Gasteiger partial charge in [0, 0.05) is 25.0 Å². The maximum Gasteiger partial charge on any atom is 0.269 e. The molecule has 0 saturated heterocycles. The van der Waals surface area contributed by atoms with Gasteiger partial charge in [-0.3, -0.25) is 14.9 Å². The van der Waals surface area contributed by atoms with Crippen molar-refractivity contribution in [2.75, 3.05) is 13.7 Å².